The number of benzene rings is 2. The number of halogens is 1. The number of amides is 1. The SMILES string of the molecule is Cc1ccc(S(=O)(=O)N(C)C)cc1NC(=O)/C=C/c1cccc(F)c1. The lowest BCUT2D eigenvalue weighted by atomic mass is 10.2. The topological polar surface area (TPSA) is 66.5 Å². The molecule has 7 heteroatoms. The Labute approximate surface area is 146 Å². The zero-order chi connectivity index (χ0) is 18.6. The maximum Gasteiger partial charge on any atom is 0.248 e. The van der Waals surface area contributed by atoms with E-state index in [2.05, 4.69) is 5.32 Å². The normalized spacial score (nSPS) is 11.9. The van der Waals surface area contributed by atoms with Crippen LogP contribution in [0.1, 0.15) is 11.1 Å². The van der Waals surface area contributed by atoms with Crippen LogP contribution in [0.5, 0.6) is 0 Å². The van der Waals surface area contributed by atoms with Gasteiger partial charge in [-0.2, -0.15) is 0 Å². The van der Waals surface area contributed by atoms with E-state index in [0.717, 1.165) is 9.87 Å². The fraction of sp³-hybridized carbons (Fsp3) is 0.167. The van der Waals surface area contributed by atoms with Crippen LogP contribution in [0.15, 0.2) is 53.4 Å². The largest absolute Gasteiger partial charge is 0.322 e. The van der Waals surface area contributed by atoms with E-state index in [1.807, 2.05) is 0 Å². The number of nitrogens with one attached hydrogen (secondary N) is 1. The van der Waals surface area contributed by atoms with Gasteiger partial charge >= 0.3 is 0 Å². The number of anilines is 1. The van der Waals surface area contributed by atoms with Crippen molar-refractivity contribution in [2.45, 2.75) is 11.8 Å². The number of hydrogen-bond acceptors (Lipinski definition) is 3. The summed E-state index contributed by atoms with van der Waals surface area (Å²) < 4.78 is 38.6. The molecule has 1 N–H and O–H groups in total. The lowest BCUT2D eigenvalue weighted by molar-refractivity contribution is -0.111. The highest BCUT2D eigenvalue weighted by atomic mass is 32.2. The van der Waals surface area contributed by atoms with E-state index in [1.165, 1.54) is 50.5 Å². The van der Waals surface area contributed by atoms with Gasteiger partial charge in [-0.15, -0.1) is 0 Å². The van der Waals surface area contributed by atoms with Crippen molar-refractivity contribution in [1.82, 2.24) is 4.31 Å². The van der Waals surface area contributed by atoms with Crippen molar-refractivity contribution in [2.75, 3.05) is 19.4 Å². The summed E-state index contributed by atoms with van der Waals surface area (Å²) in [6, 6.07) is 10.4. The third-order valence-electron chi connectivity index (χ3n) is 3.52. The Hall–Kier alpha value is -2.51. The average molecular weight is 362 g/mol. The van der Waals surface area contributed by atoms with Crippen LogP contribution < -0.4 is 5.32 Å². The van der Waals surface area contributed by atoms with Crippen LogP contribution in [0.2, 0.25) is 0 Å². The van der Waals surface area contributed by atoms with Crippen LogP contribution in [-0.4, -0.2) is 32.7 Å². The van der Waals surface area contributed by atoms with Gasteiger partial charge in [0.1, 0.15) is 5.82 Å². The molecule has 0 spiro atoms. The molecule has 5 nitrogen and oxygen atoms in total. The van der Waals surface area contributed by atoms with Gasteiger partial charge in [-0.1, -0.05) is 18.2 Å². The van der Waals surface area contributed by atoms with E-state index in [0.29, 0.717) is 11.3 Å². The van der Waals surface area contributed by atoms with Crippen molar-refractivity contribution >= 4 is 27.7 Å². The van der Waals surface area contributed by atoms with Gasteiger partial charge in [-0.25, -0.2) is 17.1 Å². The Morgan fingerprint density at radius 3 is 2.52 bits per heavy atom. The molecule has 0 aliphatic heterocycles. The van der Waals surface area contributed by atoms with Crippen LogP contribution in [0.25, 0.3) is 6.08 Å². The molecular formula is C18H19FN2O3S. The number of hydrogen-bond donors (Lipinski definition) is 1. The lowest BCUT2D eigenvalue weighted by Crippen LogP contribution is -2.22. The smallest absolute Gasteiger partial charge is 0.248 e. The molecular weight excluding hydrogens is 343 g/mol. The zero-order valence-electron chi connectivity index (χ0n) is 14.2. The molecule has 0 fully saturated rings. The van der Waals surface area contributed by atoms with E-state index in [-0.39, 0.29) is 10.7 Å². The van der Waals surface area contributed by atoms with Crippen LogP contribution in [0.4, 0.5) is 10.1 Å². The third-order valence-corrected chi connectivity index (χ3v) is 5.33. The Bertz CT molecular complexity index is 922. The van der Waals surface area contributed by atoms with Gasteiger partial charge in [0, 0.05) is 25.9 Å². The molecule has 0 aliphatic carbocycles. The monoisotopic (exact) mass is 362 g/mol. The highest BCUT2D eigenvalue weighted by molar-refractivity contribution is 7.89. The third kappa shape index (κ3) is 4.74. The van der Waals surface area contributed by atoms with Gasteiger partial charge in [-0.3, -0.25) is 4.79 Å². The zero-order valence-corrected chi connectivity index (χ0v) is 15.0. The predicted molar refractivity (Wildman–Crippen MR) is 96.1 cm³/mol. The summed E-state index contributed by atoms with van der Waals surface area (Å²) in [4.78, 5) is 12.2. The van der Waals surface area contributed by atoms with Crippen LogP contribution in [0, 0.1) is 12.7 Å². The highest BCUT2D eigenvalue weighted by Gasteiger charge is 2.18. The first-order chi connectivity index (χ1) is 11.7. The summed E-state index contributed by atoms with van der Waals surface area (Å²) in [6.07, 6.45) is 2.75. The molecule has 0 atom stereocenters. The van der Waals surface area contributed by atoms with Crippen LogP contribution in [0.3, 0.4) is 0 Å². The van der Waals surface area contributed by atoms with E-state index < -0.39 is 15.9 Å². The van der Waals surface area contributed by atoms with Gasteiger partial charge in [0.2, 0.25) is 15.9 Å². The molecule has 0 saturated carbocycles. The number of rotatable bonds is 5. The minimum Gasteiger partial charge on any atom is -0.322 e. The molecule has 25 heavy (non-hydrogen) atoms. The van der Waals surface area contributed by atoms with E-state index in [9.17, 15) is 17.6 Å². The Balaban J connectivity index is 2.21. The number of aryl methyl sites for hydroxylation is 1. The van der Waals surface area contributed by atoms with Crippen LogP contribution >= 0.6 is 0 Å². The van der Waals surface area contributed by atoms with E-state index in [1.54, 1.807) is 25.1 Å². The van der Waals surface area contributed by atoms with Crippen LogP contribution in [-0.2, 0) is 14.8 Å². The summed E-state index contributed by atoms with van der Waals surface area (Å²) >= 11 is 0. The molecule has 0 heterocycles. The van der Waals surface area contributed by atoms with E-state index in [4.69, 9.17) is 0 Å². The second-order valence-electron chi connectivity index (χ2n) is 5.64. The van der Waals surface area contributed by atoms with E-state index >= 15 is 0 Å². The fourth-order valence-electron chi connectivity index (χ4n) is 2.06. The molecule has 1 amide bonds. The molecule has 132 valence electrons. The maximum absolute atomic E-state index is 13.1. The standard InChI is InChI=1S/C18H19FN2O3S/c1-13-7-9-16(25(23,24)21(2)3)12-17(13)20-18(22)10-8-14-5-4-6-15(19)11-14/h4-12H,1-3H3,(H,20,22)/b10-8+. The molecule has 2 aromatic rings. The van der Waals surface area contributed by atoms with Crippen molar-refractivity contribution in [3.63, 3.8) is 0 Å². The maximum atomic E-state index is 13.1. The first kappa shape index (κ1) is 18.8. The second kappa shape index (κ2) is 7.58. The number of carbonyl (C=O) groups is 1. The Morgan fingerprint density at radius 1 is 1.16 bits per heavy atom. The number of sulfonamides is 1. The second-order valence-corrected chi connectivity index (χ2v) is 7.79. The summed E-state index contributed by atoms with van der Waals surface area (Å²) in [5, 5.41) is 2.64. The van der Waals surface area contributed by atoms with Gasteiger partial charge in [0.15, 0.2) is 0 Å². The summed E-state index contributed by atoms with van der Waals surface area (Å²) in [5.41, 5.74) is 1.68. The first-order valence-corrected chi connectivity index (χ1v) is 8.92. The highest BCUT2D eigenvalue weighted by Crippen LogP contribution is 2.22. The van der Waals surface area contributed by atoms with Gasteiger partial charge in [0.05, 0.1) is 4.90 Å². The van der Waals surface area contributed by atoms with Crippen molar-refractivity contribution < 1.29 is 17.6 Å². The minimum atomic E-state index is -3.59. The summed E-state index contributed by atoms with van der Waals surface area (Å²) in [7, 11) is -0.710. The van der Waals surface area contributed by atoms with Crippen molar-refractivity contribution in [3.8, 4) is 0 Å². The first-order valence-electron chi connectivity index (χ1n) is 7.48. The average Bonchev–Trinajstić information content (AvgIpc) is 2.55. The Morgan fingerprint density at radius 2 is 1.88 bits per heavy atom. The molecule has 2 aromatic carbocycles. The molecule has 0 aromatic heterocycles. The molecule has 0 radical (unpaired) electrons. The molecule has 0 aliphatic rings. The van der Waals surface area contributed by atoms with Gasteiger partial charge < -0.3 is 5.32 Å². The minimum absolute atomic E-state index is 0.0903. The summed E-state index contributed by atoms with van der Waals surface area (Å²) in [6.45, 7) is 1.76. The summed E-state index contributed by atoms with van der Waals surface area (Å²) in [5.74, 6) is -0.827. The molecule has 0 saturated heterocycles. The molecule has 0 bridgehead atoms. The van der Waals surface area contributed by atoms with Crippen molar-refractivity contribution in [1.29, 1.82) is 0 Å². The predicted octanol–water partition coefficient (Wildman–Crippen LogP) is 3.04. The Kier molecular flexibility index (Phi) is 5.71. The van der Waals surface area contributed by atoms with Crippen molar-refractivity contribution in [3.05, 3.63) is 65.5 Å². The molecule has 2 rings (SSSR count). The quantitative estimate of drug-likeness (QED) is 0.832. The van der Waals surface area contributed by atoms with Crippen molar-refractivity contribution in [2.24, 2.45) is 0 Å². The lowest BCUT2D eigenvalue weighted by Gasteiger charge is -2.14. The molecule has 0 unspecified atom stereocenters. The number of nitrogens with zero attached hydrogens (tertiary/aromatic N) is 1. The number of carbonyl (C=O) groups excluding carboxylic acids is 1. The van der Waals surface area contributed by atoms with Gasteiger partial charge in [-0.05, 0) is 48.4 Å². The fourth-order valence-corrected chi connectivity index (χ4v) is 2.99. The van der Waals surface area contributed by atoms with Gasteiger partial charge in [0.25, 0.3) is 0 Å².